The fourth-order valence-corrected chi connectivity index (χ4v) is 6.13. The molecule has 2 aliphatic rings. The Morgan fingerprint density at radius 2 is 1.79 bits per heavy atom. The largest absolute Gasteiger partial charge is 0.378 e. The minimum Gasteiger partial charge on any atom is -0.378 e. The molecule has 0 spiro atoms. The fraction of sp³-hybridized carbons (Fsp3) is 0.375. The number of ether oxygens (including phenoxy) is 1. The van der Waals surface area contributed by atoms with E-state index in [1.807, 2.05) is 42.5 Å². The monoisotopic (exact) mass is 542 g/mol. The molecule has 0 bridgehead atoms. The van der Waals surface area contributed by atoms with Crippen LogP contribution < -0.4 is 5.32 Å². The summed E-state index contributed by atoms with van der Waals surface area (Å²) in [6.07, 6.45) is 2.37. The minimum atomic E-state index is -0.188. The number of H-pyrrole nitrogens is 1. The Hall–Kier alpha value is -3.19. The Balaban J connectivity index is 1.19. The summed E-state index contributed by atoms with van der Waals surface area (Å²) >= 11 is 6.46. The molecular weight excluding hydrogens is 508 g/mol. The van der Waals surface area contributed by atoms with Crippen molar-refractivity contribution < 1.29 is 9.53 Å². The number of hydrogen-bond donors (Lipinski definition) is 2. The molecule has 2 saturated heterocycles. The number of aromatic nitrogens is 2. The van der Waals surface area contributed by atoms with Gasteiger partial charge in [0.05, 0.1) is 36.5 Å². The molecule has 1 atom stereocenters. The number of nitrogens with one attached hydrogen (secondary N) is 2. The number of likely N-dealkylation sites (tertiary alicyclic amines) is 1. The van der Waals surface area contributed by atoms with Gasteiger partial charge >= 0.3 is 0 Å². The maximum atomic E-state index is 13.4. The van der Waals surface area contributed by atoms with Gasteiger partial charge in [-0.25, -0.2) is 0 Å². The van der Waals surface area contributed by atoms with Crippen LogP contribution in [0.1, 0.15) is 60.1 Å². The van der Waals surface area contributed by atoms with Crippen LogP contribution in [-0.4, -0.2) is 53.3 Å². The van der Waals surface area contributed by atoms with Crippen LogP contribution >= 0.6 is 11.6 Å². The highest BCUT2D eigenvalue weighted by molar-refractivity contribution is 6.31. The summed E-state index contributed by atoms with van der Waals surface area (Å²) in [7, 11) is 0. The molecule has 1 amide bonds. The molecule has 1 unspecified atom stereocenters. The third-order valence-electron chi connectivity index (χ3n) is 8.34. The molecule has 0 aliphatic carbocycles. The van der Waals surface area contributed by atoms with Crippen molar-refractivity contribution >= 4 is 28.4 Å². The van der Waals surface area contributed by atoms with Gasteiger partial charge in [-0.2, -0.15) is 5.10 Å². The molecular formula is C32H35ClN4O2. The molecule has 0 radical (unpaired) electrons. The second-order valence-corrected chi connectivity index (χ2v) is 11.6. The zero-order chi connectivity index (χ0) is 26.9. The van der Waals surface area contributed by atoms with E-state index in [1.54, 1.807) is 0 Å². The van der Waals surface area contributed by atoms with Crippen LogP contribution in [0.25, 0.3) is 22.2 Å². The average Bonchev–Trinajstić information content (AvgIpc) is 3.35. The third kappa shape index (κ3) is 5.33. The van der Waals surface area contributed by atoms with Crippen LogP contribution in [0.3, 0.4) is 0 Å². The maximum absolute atomic E-state index is 13.4. The summed E-state index contributed by atoms with van der Waals surface area (Å²) in [5, 5.41) is 12.5. The van der Waals surface area contributed by atoms with Crippen molar-refractivity contribution in [3.05, 3.63) is 88.4 Å². The lowest BCUT2D eigenvalue weighted by Crippen LogP contribution is -2.51. The molecule has 4 aromatic rings. The molecule has 3 heterocycles. The van der Waals surface area contributed by atoms with Crippen molar-refractivity contribution in [3.8, 4) is 11.3 Å². The SMILES string of the molecule is CC(C)C(NC(=O)c1ccc2[nH]nc(-c3ccc(C4CCN(C5COC5)CC4)cc3)c2c1)c1ccccc1Cl. The van der Waals surface area contributed by atoms with Gasteiger partial charge in [0.25, 0.3) is 5.91 Å². The highest BCUT2D eigenvalue weighted by Crippen LogP contribution is 2.33. The third-order valence-corrected chi connectivity index (χ3v) is 8.68. The van der Waals surface area contributed by atoms with Crippen molar-refractivity contribution in [3.63, 3.8) is 0 Å². The molecule has 2 fully saturated rings. The molecule has 6 nitrogen and oxygen atoms in total. The normalized spacial score (nSPS) is 17.8. The summed E-state index contributed by atoms with van der Waals surface area (Å²) in [6, 6.07) is 22.6. The molecule has 202 valence electrons. The number of aromatic amines is 1. The van der Waals surface area contributed by atoms with Crippen LogP contribution in [0.2, 0.25) is 5.02 Å². The van der Waals surface area contributed by atoms with E-state index in [0.717, 1.165) is 54.0 Å². The quantitative estimate of drug-likeness (QED) is 0.276. The van der Waals surface area contributed by atoms with Gasteiger partial charge < -0.3 is 10.1 Å². The molecule has 0 saturated carbocycles. The Morgan fingerprint density at radius 1 is 1.05 bits per heavy atom. The van der Waals surface area contributed by atoms with Crippen molar-refractivity contribution in [1.82, 2.24) is 20.4 Å². The lowest BCUT2D eigenvalue weighted by atomic mass is 9.88. The standard InChI is InChI=1S/C32H35ClN4O2/c1-20(2)30(26-5-3-4-6-28(26)33)34-32(38)24-11-12-29-27(17-24)31(36-35-29)23-9-7-21(8-10-23)22-13-15-37(16-14-22)25-18-39-19-25/h3-12,17,20,22,25,30H,13-16,18-19H2,1-2H3,(H,34,38)(H,35,36). The first-order chi connectivity index (χ1) is 19.0. The van der Waals surface area contributed by atoms with Gasteiger partial charge in [-0.1, -0.05) is 67.9 Å². The molecule has 2 N–H and O–H groups in total. The zero-order valence-electron chi connectivity index (χ0n) is 22.5. The van der Waals surface area contributed by atoms with Crippen LogP contribution in [0.4, 0.5) is 0 Å². The number of amides is 1. The molecule has 39 heavy (non-hydrogen) atoms. The Morgan fingerprint density at radius 3 is 2.46 bits per heavy atom. The van der Waals surface area contributed by atoms with Crippen molar-refractivity contribution in [2.45, 2.75) is 44.7 Å². The number of carbonyl (C=O) groups is 1. The number of fused-ring (bicyclic) bond motifs is 1. The van der Waals surface area contributed by atoms with Crippen LogP contribution in [0.5, 0.6) is 0 Å². The van der Waals surface area contributed by atoms with Gasteiger partial charge in [0.15, 0.2) is 0 Å². The number of hydrogen-bond acceptors (Lipinski definition) is 4. The first-order valence-corrected chi connectivity index (χ1v) is 14.3. The van der Waals surface area contributed by atoms with E-state index < -0.39 is 0 Å². The lowest BCUT2D eigenvalue weighted by molar-refractivity contribution is -0.0712. The van der Waals surface area contributed by atoms with Gasteiger partial charge in [-0.05, 0) is 73.2 Å². The smallest absolute Gasteiger partial charge is 0.251 e. The first kappa shape index (κ1) is 26.1. The Kier molecular flexibility index (Phi) is 7.43. The van der Waals surface area contributed by atoms with E-state index in [4.69, 9.17) is 16.3 Å². The topological polar surface area (TPSA) is 70.2 Å². The fourth-order valence-electron chi connectivity index (χ4n) is 5.88. The maximum Gasteiger partial charge on any atom is 0.251 e. The van der Waals surface area contributed by atoms with Crippen molar-refractivity contribution in [1.29, 1.82) is 0 Å². The molecule has 2 aliphatic heterocycles. The summed E-state index contributed by atoms with van der Waals surface area (Å²) in [6.45, 7) is 8.23. The second-order valence-electron chi connectivity index (χ2n) is 11.2. The Labute approximate surface area is 234 Å². The van der Waals surface area contributed by atoms with E-state index in [-0.39, 0.29) is 17.9 Å². The van der Waals surface area contributed by atoms with Gasteiger partial charge in [0, 0.05) is 21.5 Å². The van der Waals surface area contributed by atoms with Crippen LogP contribution in [-0.2, 0) is 4.74 Å². The number of benzene rings is 3. The van der Waals surface area contributed by atoms with E-state index >= 15 is 0 Å². The van der Waals surface area contributed by atoms with E-state index in [1.165, 1.54) is 18.4 Å². The lowest BCUT2D eigenvalue weighted by Gasteiger charge is -2.41. The van der Waals surface area contributed by atoms with Gasteiger partial charge in [0.2, 0.25) is 0 Å². The second kappa shape index (κ2) is 11.1. The number of halogens is 1. The highest BCUT2D eigenvalue weighted by atomic mass is 35.5. The molecule has 6 rings (SSSR count). The summed E-state index contributed by atoms with van der Waals surface area (Å²) in [5.41, 5.74) is 5.73. The number of nitrogens with zero attached hydrogens (tertiary/aromatic N) is 2. The van der Waals surface area contributed by atoms with Gasteiger partial charge in [-0.3, -0.25) is 14.8 Å². The Bertz CT molecular complexity index is 1450. The molecule has 7 heteroatoms. The summed E-state index contributed by atoms with van der Waals surface area (Å²) in [4.78, 5) is 15.9. The molecule has 3 aromatic carbocycles. The summed E-state index contributed by atoms with van der Waals surface area (Å²) < 4.78 is 5.37. The zero-order valence-corrected chi connectivity index (χ0v) is 23.2. The van der Waals surface area contributed by atoms with E-state index in [9.17, 15) is 4.79 Å². The van der Waals surface area contributed by atoms with E-state index in [2.05, 4.69) is 58.5 Å². The van der Waals surface area contributed by atoms with Gasteiger partial charge in [-0.15, -0.1) is 0 Å². The average molecular weight is 543 g/mol. The minimum absolute atomic E-state index is 0.127. The predicted octanol–water partition coefficient (Wildman–Crippen LogP) is 6.59. The van der Waals surface area contributed by atoms with Crippen molar-refractivity contribution in [2.24, 2.45) is 5.92 Å². The van der Waals surface area contributed by atoms with Gasteiger partial charge in [0.1, 0.15) is 0 Å². The predicted molar refractivity (Wildman–Crippen MR) is 156 cm³/mol. The molecule has 1 aromatic heterocycles. The van der Waals surface area contributed by atoms with Crippen molar-refractivity contribution in [2.75, 3.05) is 26.3 Å². The number of carbonyl (C=O) groups excluding carboxylic acids is 1. The number of rotatable bonds is 7. The van der Waals surface area contributed by atoms with Crippen LogP contribution in [0.15, 0.2) is 66.7 Å². The number of piperidine rings is 1. The van der Waals surface area contributed by atoms with E-state index in [0.29, 0.717) is 22.5 Å². The van der Waals surface area contributed by atoms with Crippen LogP contribution in [0, 0.1) is 5.92 Å². The summed E-state index contributed by atoms with van der Waals surface area (Å²) in [5.74, 6) is 0.646. The highest BCUT2D eigenvalue weighted by Gasteiger charge is 2.30. The first-order valence-electron chi connectivity index (χ1n) is 13.9.